The minimum absolute atomic E-state index is 0.375. The van der Waals surface area contributed by atoms with Gasteiger partial charge in [0, 0.05) is 22.6 Å². The molecule has 2 rings (SSSR count). The van der Waals surface area contributed by atoms with Crippen molar-refractivity contribution in [3.63, 3.8) is 0 Å². The van der Waals surface area contributed by atoms with E-state index in [4.69, 9.17) is 4.74 Å². The molecule has 106 valence electrons. The van der Waals surface area contributed by atoms with Crippen LogP contribution in [-0.4, -0.2) is 25.2 Å². The van der Waals surface area contributed by atoms with E-state index in [1.165, 1.54) is 36.8 Å². The Kier molecular flexibility index (Phi) is 5.59. The lowest BCUT2D eigenvalue weighted by molar-refractivity contribution is 0.404. The highest BCUT2D eigenvalue weighted by Gasteiger charge is 2.20. The van der Waals surface area contributed by atoms with Crippen LogP contribution >= 0.6 is 11.8 Å². The Hall–Kier alpha value is -0.670. The molecule has 0 radical (unpaired) electrons. The minimum Gasteiger partial charge on any atom is -0.496 e. The van der Waals surface area contributed by atoms with E-state index in [9.17, 15) is 0 Å². The molecule has 1 unspecified atom stereocenters. The standard InChI is InChI=1S/C16H25NOS/c1-12-8-9-16(18-3)14(10-12)15(17-2)11-19-13-6-4-5-7-13/h8-10,13,15,17H,4-7,11H2,1-3H3. The number of nitrogens with one attached hydrogen (secondary N) is 1. The Morgan fingerprint density at radius 2 is 2.11 bits per heavy atom. The molecule has 0 saturated heterocycles. The molecular weight excluding hydrogens is 254 g/mol. The van der Waals surface area contributed by atoms with Gasteiger partial charge in [0.2, 0.25) is 0 Å². The first kappa shape index (κ1) is 14.7. The maximum atomic E-state index is 5.51. The van der Waals surface area contributed by atoms with Gasteiger partial charge in [-0.05, 0) is 32.9 Å². The van der Waals surface area contributed by atoms with Crippen LogP contribution in [0, 0.1) is 6.92 Å². The van der Waals surface area contributed by atoms with E-state index < -0.39 is 0 Å². The molecule has 0 spiro atoms. The van der Waals surface area contributed by atoms with E-state index in [1.54, 1.807) is 7.11 Å². The van der Waals surface area contributed by atoms with Crippen LogP contribution in [0.2, 0.25) is 0 Å². The highest BCUT2D eigenvalue weighted by Crippen LogP contribution is 2.34. The third-order valence-corrected chi connectivity index (χ3v) is 5.38. The van der Waals surface area contributed by atoms with Crippen LogP contribution in [0.4, 0.5) is 0 Å². The second-order valence-electron chi connectivity index (χ2n) is 5.33. The number of methoxy groups -OCH3 is 1. The Balaban J connectivity index is 2.05. The van der Waals surface area contributed by atoms with Gasteiger partial charge in [0.05, 0.1) is 7.11 Å². The van der Waals surface area contributed by atoms with Crippen molar-refractivity contribution in [2.24, 2.45) is 0 Å². The molecule has 1 atom stereocenters. The summed E-state index contributed by atoms with van der Waals surface area (Å²) in [5.41, 5.74) is 2.58. The molecule has 1 N–H and O–H groups in total. The van der Waals surface area contributed by atoms with Crippen LogP contribution in [0.1, 0.15) is 42.9 Å². The zero-order valence-corrected chi connectivity index (χ0v) is 13.1. The molecule has 1 aromatic carbocycles. The number of benzene rings is 1. The van der Waals surface area contributed by atoms with Gasteiger partial charge < -0.3 is 10.1 Å². The van der Waals surface area contributed by atoms with Gasteiger partial charge in [0.25, 0.3) is 0 Å². The molecule has 1 aromatic rings. The Morgan fingerprint density at radius 1 is 1.37 bits per heavy atom. The van der Waals surface area contributed by atoms with Gasteiger partial charge in [-0.2, -0.15) is 11.8 Å². The van der Waals surface area contributed by atoms with E-state index >= 15 is 0 Å². The first-order valence-electron chi connectivity index (χ1n) is 7.18. The van der Waals surface area contributed by atoms with Gasteiger partial charge in [-0.3, -0.25) is 0 Å². The van der Waals surface area contributed by atoms with Crippen LogP contribution < -0.4 is 10.1 Å². The normalized spacial score (nSPS) is 17.6. The van der Waals surface area contributed by atoms with Crippen molar-refractivity contribution in [1.82, 2.24) is 5.32 Å². The largest absolute Gasteiger partial charge is 0.496 e. The number of aryl methyl sites for hydroxylation is 1. The van der Waals surface area contributed by atoms with E-state index in [-0.39, 0.29) is 0 Å². The van der Waals surface area contributed by atoms with Crippen LogP contribution in [0.3, 0.4) is 0 Å². The van der Waals surface area contributed by atoms with Crippen molar-refractivity contribution in [3.8, 4) is 5.75 Å². The number of hydrogen-bond acceptors (Lipinski definition) is 3. The van der Waals surface area contributed by atoms with Crippen molar-refractivity contribution in [1.29, 1.82) is 0 Å². The van der Waals surface area contributed by atoms with Crippen molar-refractivity contribution < 1.29 is 4.74 Å². The minimum atomic E-state index is 0.375. The maximum absolute atomic E-state index is 5.51. The van der Waals surface area contributed by atoms with E-state index in [1.807, 2.05) is 7.05 Å². The topological polar surface area (TPSA) is 21.3 Å². The summed E-state index contributed by atoms with van der Waals surface area (Å²) in [5, 5.41) is 4.31. The zero-order valence-electron chi connectivity index (χ0n) is 12.2. The molecule has 1 aliphatic carbocycles. The zero-order chi connectivity index (χ0) is 13.7. The summed E-state index contributed by atoms with van der Waals surface area (Å²) in [5.74, 6) is 2.12. The molecule has 0 aliphatic heterocycles. The summed E-state index contributed by atoms with van der Waals surface area (Å²) < 4.78 is 5.51. The molecule has 1 aliphatic rings. The van der Waals surface area contributed by atoms with Crippen LogP contribution in [0.15, 0.2) is 18.2 Å². The highest BCUT2D eigenvalue weighted by atomic mass is 32.2. The van der Waals surface area contributed by atoms with Crippen LogP contribution in [0.5, 0.6) is 5.75 Å². The summed E-state index contributed by atoms with van der Waals surface area (Å²) in [7, 11) is 3.80. The molecule has 3 heteroatoms. The summed E-state index contributed by atoms with van der Waals surface area (Å²) in [4.78, 5) is 0. The first-order valence-corrected chi connectivity index (χ1v) is 8.23. The van der Waals surface area contributed by atoms with Gasteiger partial charge in [0.1, 0.15) is 5.75 Å². The SMILES string of the molecule is CNC(CSC1CCCC1)c1cc(C)ccc1OC. The van der Waals surface area contributed by atoms with E-state index in [0.29, 0.717) is 6.04 Å². The number of thioether (sulfide) groups is 1. The summed E-state index contributed by atoms with van der Waals surface area (Å²) in [6, 6.07) is 6.81. The number of hydrogen-bond donors (Lipinski definition) is 1. The summed E-state index contributed by atoms with van der Waals surface area (Å²) in [6.45, 7) is 2.14. The van der Waals surface area contributed by atoms with Gasteiger partial charge in [-0.1, -0.05) is 30.5 Å². The summed E-state index contributed by atoms with van der Waals surface area (Å²) >= 11 is 2.12. The van der Waals surface area contributed by atoms with Gasteiger partial charge in [-0.15, -0.1) is 0 Å². The molecule has 1 saturated carbocycles. The maximum Gasteiger partial charge on any atom is 0.123 e. The molecule has 0 amide bonds. The second kappa shape index (κ2) is 7.20. The van der Waals surface area contributed by atoms with Crippen molar-refractivity contribution in [2.75, 3.05) is 19.9 Å². The average Bonchev–Trinajstić information content (AvgIpc) is 2.93. The van der Waals surface area contributed by atoms with E-state index in [2.05, 4.69) is 42.2 Å². The predicted molar refractivity (Wildman–Crippen MR) is 84.2 cm³/mol. The lowest BCUT2D eigenvalue weighted by Crippen LogP contribution is -2.20. The monoisotopic (exact) mass is 279 g/mol. The van der Waals surface area contributed by atoms with Crippen LogP contribution in [-0.2, 0) is 0 Å². The predicted octanol–water partition coefficient (Wildman–Crippen LogP) is 3.94. The lowest BCUT2D eigenvalue weighted by Gasteiger charge is -2.21. The summed E-state index contributed by atoms with van der Waals surface area (Å²) in [6.07, 6.45) is 5.61. The third-order valence-electron chi connectivity index (χ3n) is 3.91. The molecule has 0 heterocycles. The average molecular weight is 279 g/mol. The fraction of sp³-hybridized carbons (Fsp3) is 0.625. The Bertz CT molecular complexity index is 402. The van der Waals surface area contributed by atoms with Crippen molar-refractivity contribution in [2.45, 2.75) is 43.9 Å². The molecule has 19 heavy (non-hydrogen) atoms. The molecule has 1 fully saturated rings. The fourth-order valence-electron chi connectivity index (χ4n) is 2.74. The fourth-order valence-corrected chi connectivity index (χ4v) is 4.22. The lowest BCUT2D eigenvalue weighted by atomic mass is 10.0. The van der Waals surface area contributed by atoms with Gasteiger partial charge in [-0.25, -0.2) is 0 Å². The molecular formula is C16H25NOS. The van der Waals surface area contributed by atoms with Crippen LogP contribution in [0.25, 0.3) is 0 Å². The van der Waals surface area contributed by atoms with Crippen molar-refractivity contribution in [3.05, 3.63) is 29.3 Å². The molecule has 2 nitrogen and oxygen atoms in total. The number of ether oxygens (including phenoxy) is 1. The number of rotatable bonds is 6. The molecule has 0 bridgehead atoms. The second-order valence-corrected chi connectivity index (χ2v) is 6.66. The highest BCUT2D eigenvalue weighted by molar-refractivity contribution is 7.99. The van der Waals surface area contributed by atoms with Crippen molar-refractivity contribution >= 4 is 11.8 Å². The van der Waals surface area contributed by atoms with Gasteiger partial charge in [0.15, 0.2) is 0 Å². The quantitative estimate of drug-likeness (QED) is 0.852. The first-order chi connectivity index (χ1) is 9.24. The Labute approximate surface area is 121 Å². The smallest absolute Gasteiger partial charge is 0.123 e. The third kappa shape index (κ3) is 3.90. The Morgan fingerprint density at radius 3 is 2.74 bits per heavy atom. The van der Waals surface area contributed by atoms with E-state index in [0.717, 1.165) is 16.8 Å². The molecule has 0 aromatic heterocycles. The van der Waals surface area contributed by atoms with Gasteiger partial charge >= 0.3 is 0 Å².